The normalized spacial score (nSPS) is 31.1. The molecule has 5 nitrogen and oxygen atoms in total. The minimum atomic E-state index is -0.412. The van der Waals surface area contributed by atoms with Gasteiger partial charge >= 0.3 is 6.03 Å². The molecule has 2 rings (SSSR count). The Morgan fingerprint density at radius 3 is 2.53 bits per heavy atom. The lowest BCUT2D eigenvalue weighted by atomic mass is 9.81. The molecule has 0 aliphatic carbocycles. The Labute approximate surface area is 116 Å². The van der Waals surface area contributed by atoms with Crippen LogP contribution < -0.4 is 16.4 Å². The first-order valence-electron chi connectivity index (χ1n) is 7.73. The first-order valence-corrected chi connectivity index (χ1v) is 7.73. The van der Waals surface area contributed by atoms with Crippen LogP contribution in [0.4, 0.5) is 4.79 Å². The van der Waals surface area contributed by atoms with Crippen LogP contribution in [0.3, 0.4) is 0 Å². The molecule has 4 N–H and O–H groups in total. The summed E-state index contributed by atoms with van der Waals surface area (Å²) in [7, 11) is 0. The number of carbonyl (C=O) groups excluding carboxylic acids is 1. The highest BCUT2D eigenvalue weighted by atomic mass is 16.2. The molecule has 0 spiro atoms. The molecule has 2 saturated heterocycles. The van der Waals surface area contributed by atoms with E-state index in [1.807, 2.05) is 0 Å². The van der Waals surface area contributed by atoms with E-state index in [4.69, 9.17) is 5.73 Å². The summed E-state index contributed by atoms with van der Waals surface area (Å²) < 4.78 is 0. The van der Waals surface area contributed by atoms with Crippen molar-refractivity contribution in [1.82, 2.24) is 15.5 Å². The number of nitrogens with one attached hydrogen (secondary N) is 2. The van der Waals surface area contributed by atoms with Crippen molar-refractivity contribution < 1.29 is 4.79 Å². The largest absolute Gasteiger partial charge is 0.352 e. The summed E-state index contributed by atoms with van der Waals surface area (Å²) in [4.78, 5) is 13.3. The Morgan fingerprint density at radius 2 is 1.95 bits per heavy atom. The van der Waals surface area contributed by atoms with Crippen LogP contribution in [-0.2, 0) is 0 Å². The molecule has 2 unspecified atom stereocenters. The molecule has 0 aromatic carbocycles. The van der Waals surface area contributed by atoms with Crippen molar-refractivity contribution in [3.05, 3.63) is 0 Å². The van der Waals surface area contributed by atoms with Crippen LogP contribution >= 0.6 is 0 Å². The van der Waals surface area contributed by atoms with Gasteiger partial charge in [0.2, 0.25) is 0 Å². The fourth-order valence-corrected chi connectivity index (χ4v) is 3.67. The van der Waals surface area contributed by atoms with Crippen LogP contribution in [0.2, 0.25) is 0 Å². The average molecular weight is 268 g/mol. The lowest BCUT2D eigenvalue weighted by molar-refractivity contribution is 0.0262. The van der Waals surface area contributed by atoms with Crippen LogP contribution in [0, 0.1) is 0 Å². The Kier molecular flexibility index (Phi) is 5.45. The summed E-state index contributed by atoms with van der Waals surface area (Å²) in [6.07, 6.45) is 7.68. The van der Waals surface area contributed by atoms with Gasteiger partial charge in [0.15, 0.2) is 0 Å². The van der Waals surface area contributed by atoms with Gasteiger partial charge in [-0.2, -0.15) is 0 Å². The second-order valence-corrected chi connectivity index (χ2v) is 5.89. The van der Waals surface area contributed by atoms with Crippen molar-refractivity contribution >= 4 is 6.03 Å². The Morgan fingerprint density at radius 1 is 1.26 bits per heavy atom. The molecule has 2 fully saturated rings. The number of urea groups is 1. The van der Waals surface area contributed by atoms with E-state index >= 15 is 0 Å². The molecular formula is C14H28N4O. The maximum atomic E-state index is 10.7. The highest BCUT2D eigenvalue weighted by molar-refractivity contribution is 5.71. The fourth-order valence-electron chi connectivity index (χ4n) is 3.67. The van der Waals surface area contributed by atoms with Gasteiger partial charge in [0.05, 0.1) is 0 Å². The number of amides is 2. The standard InChI is InChI=1S/C14H28N4O/c1-2-6-16-11-9-12-4-3-5-13(10-11)18(12)8-7-17-14(15)19/h11-13,16H,2-10H2,1H3,(H3,15,17,19). The molecule has 0 aromatic heterocycles. The van der Waals surface area contributed by atoms with Gasteiger partial charge in [-0.3, -0.25) is 4.90 Å². The van der Waals surface area contributed by atoms with E-state index in [0.717, 1.165) is 13.1 Å². The van der Waals surface area contributed by atoms with E-state index in [1.54, 1.807) is 0 Å². The van der Waals surface area contributed by atoms with Crippen LogP contribution in [-0.4, -0.2) is 48.7 Å². The van der Waals surface area contributed by atoms with E-state index in [-0.39, 0.29) is 0 Å². The smallest absolute Gasteiger partial charge is 0.312 e. The van der Waals surface area contributed by atoms with E-state index in [2.05, 4.69) is 22.5 Å². The third-order valence-corrected chi connectivity index (χ3v) is 4.48. The maximum Gasteiger partial charge on any atom is 0.312 e. The van der Waals surface area contributed by atoms with Crippen LogP contribution in [0.25, 0.3) is 0 Å². The number of nitrogens with two attached hydrogens (primary N) is 1. The van der Waals surface area contributed by atoms with Crippen molar-refractivity contribution in [3.63, 3.8) is 0 Å². The van der Waals surface area contributed by atoms with Crippen LogP contribution in [0.1, 0.15) is 45.4 Å². The summed E-state index contributed by atoms with van der Waals surface area (Å²) in [5.41, 5.74) is 5.12. The molecule has 2 atom stereocenters. The Balaban J connectivity index is 1.83. The van der Waals surface area contributed by atoms with Crippen molar-refractivity contribution in [2.75, 3.05) is 19.6 Å². The van der Waals surface area contributed by atoms with Gasteiger partial charge in [0, 0.05) is 31.2 Å². The van der Waals surface area contributed by atoms with E-state index in [1.165, 1.54) is 38.5 Å². The van der Waals surface area contributed by atoms with Gasteiger partial charge in [-0.05, 0) is 38.6 Å². The minimum absolute atomic E-state index is 0.412. The first-order chi connectivity index (χ1) is 9.20. The second-order valence-electron chi connectivity index (χ2n) is 5.89. The summed E-state index contributed by atoms with van der Waals surface area (Å²) in [5.74, 6) is 0. The van der Waals surface area contributed by atoms with Crippen molar-refractivity contribution in [2.24, 2.45) is 5.73 Å². The molecule has 5 heteroatoms. The summed E-state index contributed by atoms with van der Waals surface area (Å²) in [6, 6.07) is 1.66. The number of hydrogen-bond acceptors (Lipinski definition) is 3. The summed E-state index contributed by atoms with van der Waals surface area (Å²) in [5, 5.41) is 6.39. The van der Waals surface area contributed by atoms with Gasteiger partial charge in [-0.15, -0.1) is 0 Å². The van der Waals surface area contributed by atoms with Crippen LogP contribution in [0.5, 0.6) is 0 Å². The van der Waals surface area contributed by atoms with Gasteiger partial charge in [0.1, 0.15) is 0 Å². The third kappa shape index (κ3) is 4.08. The number of piperidine rings is 2. The zero-order valence-corrected chi connectivity index (χ0v) is 12.0. The summed E-state index contributed by atoms with van der Waals surface area (Å²) >= 11 is 0. The zero-order valence-electron chi connectivity index (χ0n) is 12.0. The van der Waals surface area contributed by atoms with E-state index in [0.29, 0.717) is 24.7 Å². The number of carbonyl (C=O) groups is 1. The van der Waals surface area contributed by atoms with Crippen LogP contribution in [0.15, 0.2) is 0 Å². The molecule has 0 saturated carbocycles. The molecule has 0 radical (unpaired) electrons. The first kappa shape index (κ1) is 14.6. The Bertz CT molecular complexity index is 283. The lowest BCUT2D eigenvalue weighted by Gasteiger charge is -2.49. The van der Waals surface area contributed by atoms with E-state index in [9.17, 15) is 4.79 Å². The fraction of sp³-hybridized carbons (Fsp3) is 0.929. The molecule has 2 amide bonds. The van der Waals surface area contributed by atoms with Gasteiger partial charge in [-0.1, -0.05) is 13.3 Å². The number of primary amides is 1. The van der Waals surface area contributed by atoms with Crippen molar-refractivity contribution in [3.8, 4) is 0 Å². The highest BCUT2D eigenvalue weighted by Gasteiger charge is 2.37. The molecular weight excluding hydrogens is 240 g/mol. The Hall–Kier alpha value is -0.810. The molecule has 19 heavy (non-hydrogen) atoms. The predicted molar refractivity (Wildman–Crippen MR) is 77.0 cm³/mol. The quantitative estimate of drug-likeness (QED) is 0.674. The number of hydrogen-bond donors (Lipinski definition) is 3. The monoisotopic (exact) mass is 268 g/mol. The molecule has 0 aromatic rings. The maximum absolute atomic E-state index is 10.7. The third-order valence-electron chi connectivity index (χ3n) is 4.48. The average Bonchev–Trinajstić information content (AvgIpc) is 2.36. The summed E-state index contributed by atoms with van der Waals surface area (Å²) in [6.45, 7) is 4.97. The topological polar surface area (TPSA) is 70.4 Å². The molecule has 2 aliphatic rings. The lowest BCUT2D eigenvalue weighted by Crippen LogP contribution is -2.57. The second kappa shape index (κ2) is 7.10. The molecule has 2 heterocycles. The van der Waals surface area contributed by atoms with Gasteiger partial charge in [0.25, 0.3) is 0 Å². The molecule has 110 valence electrons. The SMILES string of the molecule is CCCNC1CC2CCCC(C1)N2CCNC(N)=O. The van der Waals surface area contributed by atoms with Gasteiger partial charge < -0.3 is 16.4 Å². The predicted octanol–water partition coefficient (Wildman–Crippen LogP) is 1.04. The number of rotatable bonds is 6. The molecule has 2 aliphatic heterocycles. The van der Waals surface area contributed by atoms with Crippen molar-refractivity contribution in [1.29, 1.82) is 0 Å². The van der Waals surface area contributed by atoms with Gasteiger partial charge in [-0.25, -0.2) is 4.79 Å². The minimum Gasteiger partial charge on any atom is -0.352 e. The number of fused-ring (bicyclic) bond motifs is 2. The number of nitrogens with zero attached hydrogens (tertiary/aromatic N) is 1. The van der Waals surface area contributed by atoms with E-state index < -0.39 is 6.03 Å². The zero-order chi connectivity index (χ0) is 13.7. The highest BCUT2D eigenvalue weighted by Crippen LogP contribution is 2.33. The van der Waals surface area contributed by atoms with Crippen molar-refractivity contribution in [2.45, 2.75) is 63.6 Å². The molecule has 2 bridgehead atoms.